The standard InChI is InChI=1S/C43H43N5O12/c44-42-46-39-30(40(56)47-42)45-20-48(39)28-11-5-4-8-23(28)22-13-17-58-43(14-6-1-7-15-43)38-34(54)33(53)35(55)41(60-38)59-36-26(22)18-27-29(37(36)57-19-21(50)12-16-49)32(52)25-10-3-2-9-24(25)31(27)51/h2-5,8-11,16,18,21-22,33-35,38,41,50,53-55H,1,6-7,12-15,17,19-20H2,(H2,44,47,56)/p+1. The number of para-hydroxylation sites is 1. The summed E-state index contributed by atoms with van der Waals surface area (Å²) < 4.78 is 26.3. The average Bonchev–Trinajstić information content (AvgIpc) is 3.67. The van der Waals surface area contributed by atoms with Crippen molar-refractivity contribution in [2.75, 3.05) is 19.9 Å². The summed E-state index contributed by atoms with van der Waals surface area (Å²) in [7, 11) is 0. The third kappa shape index (κ3) is 6.66. The van der Waals surface area contributed by atoms with Crippen molar-refractivity contribution in [2.24, 2.45) is 9.98 Å². The number of rotatable bonds is 7. The molecule has 2 aliphatic carbocycles. The fourth-order valence-corrected chi connectivity index (χ4v) is 9.46. The van der Waals surface area contributed by atoms with Crippen LogP contribution >= 0.6 is 0 Å². The van der Waals surface area contributed by atoms with Crippen LogP contribution in [0.1, 0.15) is 93.8 Å². The van der Waals surface area contributed by atoms with Gasteiger partial charge in [-0.1, -0.05) is 61.7 Å². The van der Waals surface area contributed by atoms with Gasteiger partial charge in [0.1, 0.15) is 43.0 Å². The van der Waals surface area contributed by atoms with E-state index in [2.05, 4.69) is 15.3 Å². The minimum atomic E-state index is -1.82. The van der Waals surface area contributed by atoms with Crippen molar-refractivity contribution in [3.63, 3.8) is 0 Å². The Labute approximate surface area is 343 Å². The molecule has 17 nitrogen and oxygen atoms in total. The van der Waals surface area contributed by atoms with Gasteiger partial charge in [0.25, 0.3) is 11.7 Å². The molecule has 4 aliphatic heterocycles. The molecule has 6 aliphatic rings. The smallest absolute Gasteiger partial charge is 0.284 e. The molecule has 60 heavy (non-hydrogen) atoms. The van der Waals surface area contributed by atoms with Crippen LogP contribution in [0.4, 0.5) is 5.69 Å². The number of aldehydes is 1. The highest BCUT2D eigenvalue weighted by Gasteiger charge is 2.56. The van der Waals surface area contributed by atoms with Gasteiger partial charge in [-0.3, -0.25) is 25.1 Å². The molecule has 2 bridgehead atoms. The van der Waals surface area contributed by atoms with Crippen molar-refractivity contribution in [1.29, 1.82) is 5.41 Å². The number of aliphatic hydroxyl groups is 4. The first kappa shape index (κ1) is 39.9. The van der Waals surface area contributed by atoms with E-state index < -0.39 is 72.4 Å². The highest BCUT2D eigenvalue weighted by Crippen LogP contribution is 2.50. The van der Waals surface area contributed by atoms with Gasteiger partial charge >= 0.3 is 0 Å². The summed E-state index contributed by atoms with van der Waals surface area (Å²) in [5.41, 5.74) is 0.587. The van der Waals surface area contributed by atoms with E-state index in [1.54, 1.807) is 30.3 Å². The molecule has 312 valence electrons. The summed E-state index contributed by atoms with van der Waals surface area (Å²) in [6.07, 6.45) is -5.54. The number of benzene rings is 3. The second-order valence-electron chi connectivity index (χ2n) is 15.9. The Hall–Kier alpha value is -5.53. The molecule has 3 aromatic rings. The van der Waals surface area contributed by atoms with Crippen LogP contribution in [-0.4, -0.2) is 124 Å². The molecule has 1 saturated heterocycles. The van der Waals surface area contributed by atoms with Crippen LogP contribution in [0.5, 0.6) is 11.5 Å². The predicted octanol–water partition coefficient (Wildman–Crippen LogP) is 0.624. The summed E-state index contributed by atoms with van der Waals surface area (Å²) in [6, 6.07) is 15.2. The van der Waals surface area contributed by atoms with E-state index in [0.29, 0.717) is 35.3 Å². The van der Waals surface area contributed by atoms with E-state index in [0.717, 1.165) is 19.3 Å². The lowest BCUT2D eigenvalue weighted by Crippen LogP contribution is -3.09. The van der Waals surface area contributed by atoms with Gasteiger partial charge in [-0.15, -0.1) is 0 Å². The van der Waals surface area contributed by atoms with Gasteiger partial charge < -0.3 is 44.2 Å². The Bertz CT molecular complexity index is 2360. The molecule has 8 unspecified atom stereocenters. The van der Waals surface area contributed by atoms with Crippen molar-refractivity contribution in [3.8, 4) is 11.5 Å². The van der Waals surface area contributed by atoms with Crippen LogP contribution in [0.25, 0.3) is 0 Å². The lowest BCUT2D eigenvalue weighted by Gasteiger charge is -2.50. The van der Waals surface area contributed by atoms with E-state index in [4.69, 9.17) is 24.4 Å². The van der Waals surface area contributed by atoms with Crippen LogP contribution in [0.2, 0.25) is 0 Å². The van der Waals surface area contributed by atoms with Gasteiger partial charge in [0.05, 0.1) is 17.3 Å². The Kier molecular flexibility index (Phi) is 10.5. The number of ether oxygens (including phenoxy) is 4. The van der Waals surface area contributed by atoms with E-state index >= 15 is 0 Å². The maximum atomic E-state index is 14.5. The number of guanidine groups is 1. The zero-order chi connectivity index (χ0) is 41.9. The van der Waals surface area contributed by atoms with E-state index in [-0.39, 0.29) is 82.9 Å². The molecule has 9 rings (SSSR count). The molecule has 17 heteroatoms. The Morgan fingerprint density at radius 1 is 0.950 bits per heavy atom. The number of quaternary nitrogens is 1. The van der Waals surface area contributed by atoms with Gasteiger partial charge in [0.15, 0.2) is 29.7 Å². The van der Waals surface area contributed by atoms with Gasteiger partial charge in [-0.25, -0.2) is 9.89 Å². The number of amides is 1. The molecular formula is C43H44N5O12+. The number of fused-ring (bicyclic) bond motifs is 7. The fourth-order valence-electron chi connectivity index (χ4n) is 9.46. The van der Waals surface area contributed by atoms with Gasteiger partial charge in [-0.2, -0.15) is 4.99 Å². The zero-order valence-corrected chi connectivity index (χ0v) is 32.3. The van der Waals surface area contributed by atoms with Crippen LogP contribution in [0.15, 0.2) is 64.6 Å². The van der Waals surface area contributed by atoms with Gasteiger partial charge in [-0.05, 0) is 31.4 Å². The highest BCUT2D eigenvalue weighted by molar-refractivity contribution is 6.68. The Balaban J connectivity index is 1.29. The summed E-state index contributed by atoms with van der Waals surface area (Å²) in [5.74, 6) is -2.91. The molecular weight excluding hydrogens is 778 g/mol. The topological polar surface area (TPSA) is 251 Å². The molecule has 8 atom stereocenters. The van der Waals surface area contributed by atoms with Crippen LogP contribution < -0.4 is 19.7 Å². The van der Waals surface area contributed by atoms with Crippen LogP contribution in [0, 0.1) is 5.41 Å². The fraction of sp³-hybridized carbons (Fsp3) is 0.419. The molecule has 1 spiro atoms. The van der Waals surface area contributed by atoms with Crippen LogP contribution in [-0.2, 0) is 19.1 Å². The number of carbonyl (C=O) groups excluding carboxylic acids is 4. The molecule has 4 heterocycles. The third-order valence-corrected chi connectivity index (χ3v) is 12.4. The first-order valence-electron chi connectivity index (χ1n) is 20.1. The van der Waals surface area contributed by atoms with Gasteiger partial charge in [0.2, 0.25) is 18.0 Å². The molecule has 2 fully saturated rings. The SMILES string of the molecule is N=C1N=C2C(=NC[NH+]2c2ccccc2C2CCOC3(CCCCC3)C3OC(Oc4c2cc2c(c4OCC(O)CC=O)C(=O)c4ccccc4C2=O)C(O)C(O)C3O)C(=O)N1. The highest BCUT2D eigenvalue weighted by atomic mass is 16.7. The number of hydrogen-bond acceptors (Lipinski definition) is 14. The third-order valence-electron chi connectivity index (χ3n) is 12.4. The number of aliphatic hydroxyl groups excluding tert-OH is 4. The quantitative estimate of drug-likeness (QED) is 0.127. The lowest BCUT2D eigenvalue weighted by atomic mass is 9.76. The number of hydrogen-bond donors (Lipinski definition) is 7. The monoisotopic (exact) mass is 822 g/mol. The first-order valence-corrected chi connectivity index (χ1v) is 20.1. The molecule has 1 amide bonds. The Morgan fingerprint density at radius 3 is 2.45 bits per heavy atom. The van der Waals surface area contributed by atoms with E-state index in [1.165, 1.54) is 6.07 Å². The minimum Gasteiger partial charge on any atom is -0.486 e. The van der Waals surface area contributed by atoms with Crippen LogP contribution in [0.3, 0.4) is 0 Å². The minimum absolute atomic E-state index is 0.0256. The Morgan fingerprint density at radius 2 is 1.68 bits per heavy atom. The first-order chi connectivity index (χ1) is 29.0. The van der Waals surface area contributed by atoms with Crippen molar-refractivity contribution >= 4 is 47.0 Å². The summed E-state index contributed by atoms with van der Waals surface area (Å²) in [6.45, 7) is -0.385. The van der Waals surface area contributed by atoms with E-state index in [9.17, 15) is 39.6 Å². The molecule has 7 N–H and O–H groups in total. The number of ketones is 2. The summed E-state index contributed by atoms with van der Waals surface area (Å²) in [4.78, 5) is 62.8. The number of nitrogens with one attached hydrogen (secondary N) is 3. The number of carbonyl (C=O) groups is 4. The average molecular weight is 823 g/mol. The number of amidine groups is 1. The predicted molar refractivity (Wildman–Crippen MR) is 210 cm³/mol. The lowest BCUT2D eigenvalue weighted by molar-refractivity contribution is -0.723. The van der Waals surface area contributed by atoms with Crippen molar-refractivity contribution in [1.82, 2.24) is 5.32 Å². The maximum absolute atomic E-state index is 14.5. The number of nitrogens with zero attached hydrogens (tertiary/aromatic N) is 2. The summed E-state index contributed by atoms with van der Waals surface area (Å²) in [5, 5.41) is 55.8. The molecule has 1 saturated carbocycles. The normalized spacial score (nSPS) is 28.7. The van der Waals surface area contributed by atoms with E-state index in [1.807, 2.05) is 18.2 Å². The molecule has 3 aromatic carbocycles. The number of aliphatic imine (C=N–C) groups is 2. The second kappa shape index (κ2) is 15.8. The molecule has 0 radical (unpaired) electrons. The zero-order valence-electron chi connectivity index (χ0n) is 32.3. The second-order valence-corrected chi connectivity index (χ2v) is 15.9. The van der Waals surface area contributed by atoms with Gasteiger partial charge in [0, 0.05) is 46.8 Å². The largest absolute Gasteiger partial charge is 0.486 e. The maximum Gasteiger partial charge on any atom is 0.284 e. The van der Waals surface area contributed by atoms with Crippen molar-refractivity contribution in [2.45, 2.75) is 93.3 Å². The molecule has 0 aromatic heterocycles. The van der Waals surface area contributed by atoms with Crippen molar-refractivity contribution in [3.05, 3.63) is 88.0 Å². The summed E-state index contributed by atoms with van der Waals surface area (Å²) >= 11 is 0. The van der Waals surface area contributed by atoms with Crippen molar-refractivity contribution < 1.29 is 63.5 Å².